The number of fused-ring (bicyclic) bond motifs is 1. The first-order valence-electron chi connectivity index (χ1n) is 10.3. The van der Waals surface area contributed by atoms with Gasteiger partial charge in [-0.05, 0) is 29.0 Å². The maximum absolute atomic E-state index is 13.5. The van der Waals surface area contributed by atoms with E-state index in [1.54, 1.807) is 7.11 Å². The molecule has 4 rings (SSSR count). The van der Waals surface area contributed by atoms with Crippen LogP contribution in [0.1, 0.15) is 38.1 Å². The van der Waals surface area contributed by atoms with Gasteiger partial charge in [-0.1, -0.05) is 27.7 Å². The Morgan fingerprint density at radius 1 is 1.14 bits per heavy atom. The van der Waals surface area contributed by atoms with E-state index in [0.717, 1.165) is 61.6 Å². The average Bonchev–Trinajstić information content (AvgIpc) is 2.95. The molecule has 0 atom stereocenters. The maximum atomic E-state index is 13.5. The highest BCUT2D eigenvalue weighted by Gasteiger charge is 2.68. The van der Waals surface area contributed by atoms with Gasteiger partial charge >= 0.3 is 0 Å². The molecule has 1 aromatic carbocycles. The second-order valence-corrected chi connectivity index (χ2v) is 9.31. The molecule has 2 aromatic rings. The van der Waals surface area contributed by atoms with Crippen LogP contribution in [0.5, 0.6) is 5.75 Å². The van der Waals surface area contributed by atoms with E-state index in [2.05, 4.69) is 49.4 Å². The number of methoxy groups -OCH3 is 1. The van der Waals surface area contributed by atoms with Gasteiger partial charge in [-0.2, -0.15) is 0 Å². The van der Waals surface area contributed by atoms with Gasteiger partial charge in [0.05, 0.1) is 20.3 Å². The Morgan fingerprint density at radius 2 is 1.82 bits per heavy atom. The van der Waals surface area contributed by atoms with Crippen LogP contribution >= 0.6 is 0 Å². The SMILES string of the molecule is COc1ccc2c(c1)c(C(=O)C1C(C)(C)C1(C)C)cn2CCN1CCOCC1. The van der Waals surface area contributed by atoms with Gasteiger partial charge in [-0.3, -0.25) is 9.69 Å². The minimum atomic E-state index is 0.0329. The predicted molar refractivity (Wildman–Crippen MR) is 111 cm³/mol. The fourth-order valence-electron chi connectivity index (χ4n) is 4.87. The monoisotopic (exact) mass is 384 g/mol. The Morgan fingerprint density at radius 3 is 2.43 bits per heavy atom. The normalized spacial score (nSPS) is 21.8. The Labute approximate surface area is 167 Å². The summed E-state index contributed by atoms with van der Waals surface area (Å²) in [5, 5.41) is 1.00. The largest absolute Gasteiger partial charge is 0.497 e. The molecular formula is C23H32N2O3. The number of hydrogen-bond donors (Lipinski definition) is 0. The molecule has 2 aliphatic rings. The third-order valence-corrected chi connectivity index (χ3v) is 7.40. The highest BCUT2D eigenvalue weighted by Crippen LogP contribution is 2.69. The number of ketones is 1. The fraction of sp³-hybridized carbons (Fsp3) is 0.609. The lowest BCUT2D eigenvalue weighted by molar-refractivity contribution is 0.0365. The lowest BCUT2D eigenvalue weighted by Gasteiger charge is -2.26. The van der Waals surface area contributed by atoms with Crippen LogP contribution in [-0.4, -0.2) is 55.2 Å². The summed E-state index contributed by atoms with van der Waals surface area (Å²) in [7, 11) is 1.67. The lowest BCUT2D eigenvalue weighted by Crippen LogP contribution is -2.38. The van der Waals surface area contributed by atoms with Crippen molar-refractivity contribution in [3.05, 3.63) is 30.0 Å². The van der Waals surface area contributed by atoms with Gasteiger partial charge in [0, 0.05) is 54.8 Å². The second kappa shape index (κ2) is 6.89. The van der Waals surface area contributed by atoms with Crippen molar-refractivity contribution in [1.82, 2.24) is 9.47 Å². The van der Waals surface area contributed by atoms with Crippen LogP contribution in [0.3, 0.4) is 0 Å². The number of aromatic nitrogens is 1. The minimum Gasteiger partial charge on any atom is -0.497 e. The molecule has 0 radical (unpaired) electrons. The van der Waals surface area contributed by atoms with E-state index in [1.807, 2.05) is 12.1 Å². The first-order valence-corrected chi connectivity index (χ1v) is 10.3. The van der Waals surface area contributed by atoms with Crippen LogP contribution in [-0.2, 0) is 11.3 Å². The summed E-state index contributed by atoms with van der Waals surface area (Å²) in [4.78, 5) is 15.9. The molecule has 0 amide bonds. The molecule has 1 saturated carbocycles. The van der Waals surface area contributed by atoms with Gasteiger partial charge in [-0.15, -0.1) is 0 Å². The third-order valence-electron chi connectivity index (χ3n) is 7.40. The molecule has 0 spiro atoms. The number of ether oxygens (including phenoxy) is 2. The molecule has 1 aromatic heterocycles. The Balaban J connectivity index is 1.66. The molecule has 0 bridgehead atoms. The molecule has 152 valence electrons. The number of morpholine rings is 1. The summed E-state index contributed by atoms with van der Waals surface area (Å²) < 4.78 is 13.1. The topological polar surface area (TPSA) is 43.7 Å². The number of hydrogen-bond acceptors (Lipinski definition) is 4. The predicted octanol–water partition coefficient (Wildman–Crippen LogP) is 3.85. The van der Waals surface area contributed by atoms with Crippen LogP contribution < -0.4 is 4.74 Å². The molecule has 2 fully saturated rings. The standard InChI is InChI=1S/C23H32N2O3/c1-22(2)21(23(22,3)4)20(26)18-15-25(9-8-24-10-12-28-13-11-24)19-7-6-16(27-5)14-17(18)19/h6-7,14-15,21H,8-13H2,1-5H3. The van der Waals surface area contributed by atoms with Crippen molar-refractivity contribution in [3.8, 4) is 5.75 Å². The first-order chi connectivity index (χ1) is 13.3. The highest BCUT2D eigenvalue weighted by atomic mass is 16.5. The zero-order chi connectivity index (χ0) is 20.1. The van der Waals surface area contributed by atoms with Crippen LogP contribution in [0.2, 0.25) is 0 Å². The van der Waals surface area contributed by atoms with Gasteiger partial charge in [0.1, 0.15) is 5.75 Å². The third kappa shape index (κ3) is 3.05. The Bertz CT molecular complexity index is 877. The van der Waals surface area contributed by atoms with Crippen molar-refractivity contribution in [2.75, 3.05) is 40.0 Å². The second-order valence-electron chi connectivity index (χ2n) is 9.31. The molecule has 0 unspecified atom stereocenters. The zero-order valence-corrected chi connectivity index (χ0v) is 17.7. The van der Waals surface area contributed by atoms with Gasteiger partial charge in [0.25, 0.3) is 0 Å². The molecule has 1 aliphatic heterocycles. The van der Waals surface area contributed by atoms with Crippen molar-refractivity contribution in [3.63, 3.8) is 0 Å². The summed E-state index contributed by atoms with van der Waals surface area (Å²) in [5.41, 5.74) is 2.00. The number of carbonyl (C=O) groups is 1. The maximum Gasteiger partial charge on any atom is 0.169 e. The molecular weight excluding hydrogens is 352 g/mol. The summed E-state index contributed by atoms with van der Waals surface area (Å²) in [6, 6.07) is 6.07. The van der Waals surface area contributed by atoms with Crippen molar-refractivity contribution in [1.29, 1.82) is 0 Å². The summed E-state index contributed by atoms with van der Waals surface area (Å²) >= 11 is 0. The van der Waals surface area contributed by atoms with Gasteiger partial charge in [-0.25, -0.2) is 0 Å². The first kappa shape index (κ1) is 19.5. The Hall–Kier alpha value is -1.85. The summed E-state index contributed by atoms with van der Waals surface area (Å²) in [6.45, 7) is 14.2. The average molecular weight is 385 g/mol. The number of Topliss-reactive ketones (excluding diaryl/α,β-unsaturated/α-hetero) is 1. The van der Waals surface area contributed by atoms with Crippen molar-refractivity contribution < 1.29 is 14.3 Å². The Kier molecular flexibility index (Phi) is 4.79. The van der Waals surface area contributed by atoms with Crippen LogP contribution in [0.25, 0.3) is 10.9 Å². The summed E-state index contributed by atoms with van der Waals surface area (Å²) in [5.74, 6) is 1.12. The van der Waals surface area contributed by atoms with E-state index in [1.165, 1.54) is 0 Å². The highest BCUT2D eigenvalue weighted by molar-refractivity contribution is 6.11. The molecule has 1 aliphatic carbocycles. The van der Waals surface area contributed by atoms with E-state index in [9.17, 15) is 4.79 Å². The number of rotatable bonds is 6. The van der Waals surface area contributed by atoms with Crippen LogP contribution in [0, 0.1) is 16.7 Å². The van der Waals surface area contributed by atoms with Crippen LogP contribution in [0.15, 0.2) is 24.4 Å². The summed E-state index contributed by atoms with van der Waals surface area (Å²) in [6.07, 6.45) is 2.07. The van der Waals surface area contributed by atoms with E-state index >= 15 is 0 Å². The number of benzene rings is 1. The molecule has 5 nitrogen and oxygen atoms in total. The van der Waals surface area contributed by atoms with Crippen molar-refractivity contribution >= 4 is 16.7 Å². The zero-order valence-electron chi connectivity index (χ0n) is 17.7. The number of nitrogens with zero attached hydrogens (tertiary/aromatic N) is 2. The van der Waals surface area contributed by atoms with E-state index < -0.39 is 0 Å². The fourth-order valence-corrected chi connectivity index (χ4v) is 4.87. The van der Waals surface area contributed by atoms with E-state index in [0.29, 0.717) is 0 Å². The van der Waals surface area contributed by atoms with Crippen LogP contribution in [0.4, 0.5) is 0 Å². The molecule has 1 saturated heterocycles. The van der Waals surface area contributed by atoms with Gasteiger partial charge in [0.15, 0.2) is 5.78 Å². The smallest absolute Gasteiger partial charge is 0.169 e. The van der Waals surface area contributed by atoms with E-state index in [4.69, 9.17) is 9.47 Å². The van der Waals surface area contributed by atoms with E-state index in [-0.39, 0.29) is 22.5 Å². The number of carbonyl (C=O) groups excluding carboxylic acids is 1. The van der Waals surface area contributed by atoms with Gasteiger partial charge in [0.2, 0.25) is 0 Å². The molecule has 2 heterocycles. The molecule has 0 N–H and O–H groups in total. The van der Waals surface area contributed by atoms with Crippen molar-refractivity contribution in [2.45, 2.75) is 34.2 Å². The molecule has 5 heteroatoms. The lowest BCUT2D eigenvalue weighted by atomic mass is 10.0. The van der Waals surface area contributed by atoms with Gasteiger partial charge < -0.3 is 14.0 Å². The minimum absolute atomic E-state index is 0.0329. The van der Waals surface area contributed by atoms with Crippen molar-refractivity contribution in [2.24, 2.45) is 16.7 Å². The quantitative estimate of drug-likeness (QED) is 0.710. The molecule has 28 heavy (non-hydrogen) atoms.